The molecule has 1 saturated carbocycles. The molecule has 6 atom stereocenters. The first-order valence-electron chi connectivity index (χ1n) is 21.9. The van der Waals surface area contributed by atoms with Gasteiger partial charge in [0, 0.05) is 52.1 Å². The third-order valence-electron chi connectivity index (χ3n) is 12.1. The van der Waals surface area contributed by atoms with Gasteiger partial charge in [-0.3, -0.25) is 14.2 Å². The second kappa shape index (κ2) is 18.3. The van der Waals surface area contributed by atoms with E-state index >= 15 is 4.79 Å². The number of nitrogens with zero attached hydrogens (tertiary/aromatic N) is 4. The fourth-order valence-corrected chi connectivity index (χ4v) is 12.7. The average molecular weight is 912 g/mol. The zero-order valence-corrected chi connectivity index (χ0v) is 39.3. The van der Waals surface area contributed by atoms with E-state index in [2.05, 4.69) is 56.6 Å². The van der Waals surface area contributed by atoms with Crippen molar-refractivity contribution in [2.45, 2.75) is 121 Å². The quantitative estimate of drug-likeness (QED) is 0.0736. The van der Waals surface area contributed by atoms with E-state index in [0.717, 1.165) is 47.5 Å². The Balaban J connectivity index is 1.15. The van der Waals surface area contributed by atoms with Gasteiger partial charge in [-0.15, -0.1) is 22.7 Å². The van der Waals surface area contributed by atoms with E-state index in [1.807, 2.05) is 71.4 Å². The van der Waals surface area contributed by atoms with Gasteiger partial charge in [0.25, 0.3) is 0 Å². The number of rotatable bonds is 11. The number of hydrogen-bond donors (Lipinski definition) is 4. The fraction of sp³-hybridized carbons (Fsp3) is 0.468. The van der Waals surface area contributed by atoms with Crippen LogP contribution >= 0.6 is 30.0 Å². The van der Waals surface area contributed by atoms with Crippen molar-refractivity contribution < 1.29 is 28.5 Å². The molecular formula is C47H58N7O6PS2. The van der Waals surface area contributed by atoms with Crippen LogP contribution in [0.15, 0.2) is 77.5 Å². The molecule has 0 bridgehead atoms. The number of fused-ring (bicyclic) bond motifs is 3. The summed E-state index contributed by atoms with van der Waals surface area (Å²) in [6.07, 6.45) is 7.81. The molecule has 5 aromatic rings. The van der Waals surface area contributed by atoms with Gasteiger partial charge in [-0.05, 0) is 57.2 Å². The van der Waals surface area contributed by atoms with Crippen molar-refractivity contribution in [1.29, 1.82) is 0 Å². The topological polar surface area (TPSA) is 168 Å². The number of allylic oxidation sites excluding steroid dienone is 1. The molecular weight excluding hydrogens is 854 g/mol. The van der Waals surface area contributed by atoms with Crippen molar-refractivity contribution in [2.24, 2.45) is 5.92 Å². The summed E-state index contributed by atoms with van der Waals surface area (Å²) < 4.78 is 27.0. The molecule has 3 aliphatic rings. The number of hydrogen-bond acceptors (Lipinski definition) is 12. The molecule has 8 rings (SSSR count). The zero-order valence-electron chi connectivity index (χ0n) is 36.8. The number of aromatic nitrogens is 3. The Kier molecular flexibility index (Phi) is 13.0. The summed E-state index contributed by atoms with van der Waals surface area (Å²) in [5.41, 5.74) is 3.41. The van der Waals surface area contributed by atoms with E-state index in [1.54, 1.807) is 12.0 Å². The van der Waals surface area contributed by atoms with Crippen LogP contribution in [0, 0.1) is 5.92 Å². The van der Waals surface area contributed by atoms with Crippen LogP contribution in [0.4, 0.5) is 10.3 Å². The minimum Gasteiger partial charge on any atom is -0.497 e. The lowest BCUT2D eigenvalue weighted by Crippen LogP contribution is -2.53. The lowest BCUT2D eigenvalue weighted by atomic mass is 9.93. The molecule has 1 aliphatic carbocycles. The summed E-state index contributed by atoms with van der Waals surface area (Å²) in [6, 6.07) is 15.3. The minimum absolute atomic E-state index is 0.0792. The van der Waals surface area contributed by atoms with E-state index in [0.29, 0.717) is 46.4 Å². The van der Waals surface area contributed by atoms with E-state index in [4.69, 9.17) is 24.4 Å². The summed E-state index contributed by atoms with van der Waals surface area (Å²) in [7, 11) is -2.42. The van der Waals surface area contributed by atoms with Gasteiger partial charge in [0.1, 0.15) is 40.7 Å². The van der Waals surface area contributed by atoms with Crippen LogP contribution < -0.4 is 25.4 Å². The number of pyridine rings is 1. The molecule has 16 heteroatoms. The van der Waals surface area contributed by atoms with Crippen molar-refractivity contribution in [3.05, 3.63) is 88.8 Å². The molecule has 0 spiro atoms. The number of anilines is 2. The van der Waals surface area contributed by atoms with Crippen LogP contribution in [0.2, 0.25) is 0 Å². The summed E-state index contributed by atoms with van der Waals surface area (Å²) in [5, 5.41) is 14.7. The van der Waals surface area contributed by atoms with Crippen molar-refractivity contribution in [3.8, 4) is 22.9 Å². The minimum atomic E-state index is -4.03. The lowest BCUT2D eigenvalue weighted by Gasteiger charge is -2.31. The highest BCUT2D eigenvalue weighted by Gasteiger charge is 2.66. The van der Waals surface area contributed by atoms with Gasteiger partial charge in [-0.2, -0.15) is 0 Å². The maximum absolute atomic E-state index is 15.1. The third kappa shape index (κ3) is 9.96. The molecule has 2 amide bonds. The first-order chi connectivity index (χ1) is 30.1. The second-order valence-corrected chi connectivity index (χ2v) is 22.6. The van der Waals surface area contributed by atoms with Crippen LogP contribution in [0.3, 0.4) is 0 Å². The molecule has 5 heterocycles. The van der Waals surface area contributed by atoms with Crippen LogP contribution in [0.5, 0.6) is 11.5 Å². The highest BCUT2D eigenvalue weighted by atomic mass is 32.1. The number of nitrogens with one attached hydrogen (secondary N) is 3. The van der Waals surface area contributed by atoms with Gasteiger partial charge >= 0.3 is 0 Å². The predicted octanol–water partition coefficient (Wildman–Crippen LogP) is 9.59. The summed E-state index contributed by atoms with van der Waals surface area (Å²) >= 11 is 2.96. The molecule has 1 unspecified atom stereocenters. The Morgan fingerprint density at radius 3 is 2.54 bits per heavy atom. The van der Waals surface area contributed by atoms with Crippen LogP contribution in [-0.4, -0.2) is 79.7 Å². The molecule has 2 aliphatic heterocycles. The molecule has 2 fully saturated rings. The maximum atomic E-state index is 15.1. The lowest BCUT2D eigenvalue weighted by molar-refractivity contribution is -0.139. The smallest absolute Gasteiger partial charge is 0.245 e. The number of thiazole rings is 2. The maximum Gasteiger partial charge on any atom is 0.245 e. The molecule has 334 valence electrons. The average Bonchev–Trinajstić information content (AvgIpc) is 3.63. The fourth-order valence-electron chi connectivity index (χ4n) is 8.54. The number of methoxy groups -OCH3 is 1. The van der Waals surface area contributed by atoms with Crippen molar-refractivity contribution >= 4 is 63.0 Å². The molecule has 0 radical (unpaired) electrons. The standard InChI is InChI=1S/C47H58N7O6PS2/c1-29(2)48-44-51-38(27-62-44)37-23-40(34-20-19-32(59-6)21-36(34)49-37)60-33-22-39-42(55)53-47(61(57,58)26-30-15-11-10-12-16-30)24-31(47)17-13-8-7-9-14-18-35(43(56)54(39)25-33)50-45-52-41(28-63-45)46(3,4)5/h10-13,15-17,19-21,23,27-29,31,33,35,39H,7-9,14,18,22,24-26H2,1-6H3,(H,48,51)(H,50,52)(H,53,55)(H,57,58)/b17-13-/t31-,33+,35-,39-,47-/m0/s1. The van der Waals surface area contributed by atoms with Gasteiger partial charge in [0.05, 0.1) is 36.7 Å². The van der Waals surface area contributed by atoms with Crippen molar-refractivity contribution in [3.63, 3.8) is 0 Å². The molecule has 1 saturated heterocycles. The van der Waals surface area contributed by atoms with Gasteiger partial charge in [0.15, 0.2) is 10.3 Å². The van der Waals surface area contributed by atoms with E-state index in [1.165, 1.54) is 22.7 Å². The van der Waals surface area contributed by atoms with E-state index in [9.17, 15) is 14.3 Å². The predicted molar refractivity (Wildman–Crippen MR) is 252 cm³/mol. The van der Waals surface area contributed by atoms with Gasteiger partial charge < -0.3 is 35.2 Å². The van der Waals surface area contributed by atoms with Gasteiger partial charge in [-0.25, -0.2) is 15.0 Å². The summed E-state index contributed by atoms with van der Waals surface area (Å²) in [5.74, 6) is 0.140. The number of amides is 2. The van der Waals surface area contributed by atoms with Crippen molar-refractivity contribution in [1.82, 2.24) is 25.2 Å². The number of carbonyl (C=O) groups excluding carboxylic acids is 2. The van der Waals surface area contributed by atoms with Crippen LogP contribution in [0.25, 0.3) is 22.3 Å². The normalized spacial score (nSPS) is 24.7. The molecule has 13 nitrogen and oxygen atoms in total. The molecule has 3 aromatic heterocycles. The number of carbonyl (C=O) groups is 2. The Hall–Kier alpha value is -4.82. The molecule has 63 heavy (non-hydrogen) atoms. The summed E-state index contributed by atoms with van der Waals surface area (Å²) in [4.78, 5) is 58.2. The number of ether oxygens (including phenoxy) is 2. The summed E-state index contributed by atoms with van der Waals surface area (Å²) in [6.45, 7) is 10.5. The highest BCUT2D eigenvalue weighted by molar-refractivity contribution is 7.59. The van der Waals surface area contributed by atoms with Crippen LogP contribution in [-0.2, 0) is 25.7 Å². The second-order valence-electron chi connectivity index (χ2n) is 18.3. The Labute approximate surface area is 377 Å². The Bertz CT molecular complexity index is 2520. The molecule has 4 N–H and O–H groups in total. The third-order valence-corrected chi connectivity index (χ3v) is 16.3. The van der Waals surface area contributed by atoms with Crippen molar-refractivity contribution in [2.75, 3.05) is 24.3 Å². The largest absolute Gasteiger partial charge is 0.497 e. The molecule has 2 aromatic carbocycles. The monoisotopic (exact) mass is 911 g/mol. The first kappa shape index (κ1) is 44.8. The van der Waals surface area contributed by atoms with Gasteiger partial charge in [0.2, 0.25) is 19.2 Å². The van der Waals surface area contributed by atoms with Gasteiger partial charge in [-0.1, -0.05) is 76.1 Å². The van der Waals surface area contributed by atoms with E-state index in [-0.39, 0.29) is 42.4 Å². The Morgan fingerprint density at radius 1 is 1.00 bits per heavy atom. The SMILES string of the molecule is COc1ccc2c(O[C@@H]3C[C@H]4C(=O)N[C@]5(P(=O)(O)Cc6ccccc6)C[C@@H]5/C=C\CCCCC[C@H](Nc5nc(C(C)(C)C)cs5)C(=O)N4C3)cc(-c3csc(NC(C)C)n3)nc2c1. The number of benzene rings is 2. The Morgan fingerprint density at radius 2 is 1.79 bits per heavy atom. The first-order valence-corrected chi connectivity index (χ1v) is 25.5. The highest BCUT2D eigenvalue weighted by Crippen LogP contribution is 2.71. The van der Waals surface area contributed by atoms with Crippen LogP contribution in [0.1, 0.15) is 90.8 Å². The van der Waals surface area contributed by atoms with E-state index < -0.39 is 36.7 Å². The zero-order chi connectivity index (χ0) is 44.5.